The highest BCUT2D eigenvalue weighted by atomic mass is 35.5. The Labute approximate surface area is 203 Å². The summed E-state index contributed by atoms with van der Waals surface area (Å²) >= 11 is 7.09. The van der Waals surface area contributed by atoms with Crippen LogP contribution >= 0.6 is 22.9 Å². The summed E-state index contributed by atoms with van der Waals surface area (Å²) in [5, 5.41) is 9.82. The number of esters is 1. The number of carbonyl (C=O) groups is 2. The standard InChI is InChI=1S/C24H20ClN3O5S/c1-3-32-24(31)20-18-13-34-22(26-21(29)14(2)33-17-7-5-4-6-8-17)19(18)23(30)28(27-20)16-11-9-15(25)10-12-16/h4-14H,3H2,1-2H3,(H,26,29)/t14-/m0/s1. The van der Waals surface area contributed by atoms with Gasteiger partial charge in [-0.3, -0.25) is 9.59 Å². The number of nitrogens with one attached hydrogen (secondary N) is 1. The van der Waals surface area contributed by atoms with Gasteiger partial charge < -0.3 is 14.8 Å². The van der Waals surface area contributed by atoms with Crippen LogP contribution < -0.4 is 15.6 Å². The van der Waals surface area contributed by atoms with Gasteiger partial charge in [-0.05, 0) is 50.2 Å². The maximum absolute atomic E-state index is 13.4. The van der Waals surface area contributed by atoms with E-state index in [4.69, 9.17) is 21.1 Å². The van der Waals surface area contributed by atoms with E-state index in [-0.39, 0.29) is 22.7 Å². The number of halogens is 1. The molecular weight excluding hydrogens is 478 g/mol. The van der Waals surface area contributed by atoms with Crippen LogP contribution in [0.25, 0.3) is 16.5 Å². The van der Waals surface area contributed by atoms with Crippen LogP contribution in [-0.4, -0.2) is 34.4 Å². The number of aromatic nitrogens is 2. The predicted octanol–water partition coefficient (Wildman–Crippen LogP) is 4.68. The zero-order chi connectivity index (χ0) is 24.2. The summed E-state index contributed by atoms with van der Waals surface area (Å²) in [5.41, 5.74) is -0.124. The summed E-state index contributed by atoms with van der Waals surface area (Å²) in [6.07, 6.45) is -0.829. The summed E-state index contributed by atoms with van der Waals surface area (Å²) < 4.78 is 11.9. The monoisotopic (exact) mass is 497 g/mol. The van der Waals surface area contributed by atoms with Crippen molar-refractivity contribution in [2.45, 2.75) is 20.0 Å². The number of para-hydroxylation sites is 1. The molecule has 0 radical (unpaired) electrons. The third kappa shape index (κ3) is 4.80. The number of hydrogen-bond acceptors (Lipinski definition) is 7. The molecule has 1 atom stereocenters. The SMILES string of the molecule is CCOC(=O)c1nn(-c2ccc(Cl)cc2)c(=O)c2c(NC(=O)[C@H](C)Oc3ccccc3)scc12. The molecule has 174 valence electrons. The first-order valence-electron chi connectivity index (χ1n) is 10.4. The second-order valence-electron chi connectivity index (χ2n) is 7.18. The average molecular weight is 498 g/mol. The zero-order valence-corrected chi connectivity index (χ0v) is 19.9. The van der Waals surface area contributed by atoms with Gasteiger partial charge in [0.05, 0.1) is 17.7 Å². The molecule has 2 aromatic heterocycles. The third-order valence-corrected chi connectivity index (χ3v) is 6.00. The van der Waals surface area contributed by atoms with Crippen LogP contribution in [-0.2, 0) is 9.53 Å². The second-order valence-corrected chi connectivity index (χ2v) is 8.49. The van der Waals surface area contributed by atoms with Crippen LogP contribution in [0.3, 0.4) is 0 Å². The van der Waals surface area contributed by atoms with Crippen LogP contribution in [0.15, 0.2) is 64.8 Å². The van der Waals surface area contributed by atoms with Gasteiger partial charge in [0, 0.05) is 15.8 Å². The molecule has 0 spiro atoms. The van der Waals surface area contributed by atoms with Crippen LogP contribution in [0.2, 0.25) is 5.02 Å². The molecule has 4 rings (SSSR count). The fourth-order valence-corrected chi connectivity index (χ4v) is 4.29. The Hall–Kier alpha value is -3.69. The molecule has 0 unspecified atom stereocenters. The number of ether oxygens (including phenoxy) is 2. The lowest BCUT2D eigenvalue weighted by molar-refractivity contribution is -0.122. The fourth-order valence-electron chi connectivity index (χ4n) is 3.22. The van der Waals surface area contributed by atoms with Crippen molar-refractivity contribution < 1.29 is 19.1 Å². The number of amides is 1. The molecule has 1 amide bonds. The van der Waals surface area contributed by atoms with Gasteiger partial charge in [-0.15, -0.1) is 11.3 Å². The lowest BCUT2D eigenvalue weighted by Crippen LogP contribution is -2.31. The molecule has 0 aliphatic rings. The minimum atomic E-state index is -0.829. The number of thiophene rings is 1. The Morgan fingerprint density at radius 2 is 1.85 bits per heavy atom. The third-order valence-electron chi connectivity index (χ3n) is 4.85. The Bertz CT molecular complexity index is 1400. The summed E-state index contributed by atoms with van der Waals surface area (Å²) in [7, 11) is 0. The molecule has 1 N–H and O–H groups in total. The molecule has 4 aromatic rings. The Morgan fingerprint density at radius 3 is 2.53 bits per heavy atom. The van der Waals surface area contributed by atoms with Crippen LogP contribution in [0.1, 0.15) is 24.3 Å². The minimum absolute atomic E-state index is 0.0308. The highest BCUT2D eigenvalue weighted by Gasteiger charge is 2.24. The van der Waals surface area contributed by atoms with E-state index in [1.165, 1.54) is 0 Å². The Balaban J connectivity index is 1.76. The molecule has 0 bridgehead atoms. The van der Waals surface area contributed by atoms with E-state index in [9.17, 15) is 14.4 Å². The van der Waals surface area contributed by atoms with Crippen LogP contribution in [0.4, 0.5) is 5.00 Å². The van der Waals surface area contributed by atoms with Crippen molar-refractivity contribution in [3.05, 3.63) is 81.0 Å². The van der Waals surface area contributed by atoms with E-state index in [0.29, 0.717) is 21.8 Å². The van der Waals surface area contributed by atoms with Crippen molar-refractivity contribution >= 4 is 50.6 Å². The van der Waals surface area contributed by atoms with Crippen molar-refractivity contribution in [2.24, 2.45) is 0 Å². The fraction of sp³-hybridized carbons (Fsp3) is 0.167. The lowest BCUT2D eigenvalue weighted by atomic mass is 10.2. The minimum Gasteiger partial charge on any atom is -0.481 e. The first-order valence-corrected chi connectivity index (χ1v) is 11.6. The number of benzene rings is 2. The number of fused-ring (bicyclic) bond motifs is 1. The molecule has 10 heteroatoms. The Morgan fingerprint density at radius 1 is 1.15 bits per heavy atom. The van der Waals surface area contributed by atoms with Gasteiger partial charge >= 0.3 is 5.97 Å². The molecular formula is C24H20ClN3O5S. The molecule has 0 aliphatic heterocycles. The molecule has 0 saturated carbocycles. The number of hydrogen-bond donors (Lipinski definition) is 1. The summed E-state index contributed by atoms with van der Waals surface area (Å²) in [6, 6.07) is 15.4. The normalized spacial score (nSPS) is 11.7. The van der Waals surface area contributed by atoms with Crippen LogP contribution in [0, 0.1) is 0 Å². The molecule has 34 heavy (non-hydrogen) atoms. The van der Waals surface area contributed by atoms with Gasteiger partial charge in [0.25, 0.3) is 11.5 Å². The molecule has 2 aromatic carbocycles. The number of carbonyl (C=O) groups excluding carboxylic acids is 2. The van der Waals surface area contributed by atoms with Crippen LogP contribution in [0.5, 0.6) is 5.75 Å². The average Bonchev–Trinajstić information content (AvgIpc) is 3.25. The van der Waals surface area contributed by atoms with Gasteiger partial charge in [0.1, 0.15) is 10.8 Å². The quantitative estimate of drug-likeness (QED) is 0.372. The van der Waals surface area contributed by atoms with E-state index in [1.807, 2.05) is 6.07 Å². The lowest BCUT2D eigenvalue weighted by Gasteiger charge is -2.14. The van der Waals surface area contributed by atoms with Gasteiger partial charge in [0.15, 0.2) is 11.8 Å². The van der Waals surface area contributed by atoms with E-state index >= 15 is 0 Å². The summed E-state index contributed by atoms with van der Waals surface area (Å²) in [4.78, 5) is 38.9. The van der Waals surface area contributed by atoms with Crippen molar-refractivity contribution in [1.82, 2.24) is 9.78 Å². The second kappa shape index (κ2) is 10.1. The van der Waals surface area contributed by atoms with E-state index < -0.39 is 23.5 Å². The maximum atomic E-state index is 13.4. The zero-order valence-electron chi connectivity index (χ0n) is 18.3. The highest BCUT2D eigenvalue weighted by molar-refractivity contribution is 7.16. The van der Waals surface area contributed by atoms with Gasteiger partial charge in [-0.2, -0.15) is 9.78 Å². The first-order chi connectivity index (χ1) is 16.4. The summed E-state index contributed by atoms with van der Waals surface area (Å²) in [6.45, 7) is 3.43. The number of anilines is 1. The number of nitrogens with zero attached hydrogens (tertiary/aromatic N) is 2. The highest BCUT2D eigenvalue weighted by Crippen LogP contribution is 2.31. The number of rotatable bonds is 7. The van der Waals surface area contributed by atoms with E-state index in [1.54, 1.807) is 67.8 Å². The predicted molar refractivity (Wildman–Crippen MR) is 131 cm³/mol. The summed E-state index contributed by atoms with van der Waals surface area (Å²) in [5.74, 6) is -0.578. The maximum Gasteiger partial charge on any atom is 0.359 e. The van der Waals surface area contributed by atoms with Gasteiger partial charge in [-0.1, -0.05) is 29.8 Å². The molecule has 8 nitrogen and oxygen atoms in total. The van der Waals surface area contributed by atoms with Crippen molar-refractivity contribution in [1.29, 1.82) is 0 Å². The molecule has 0 saturated heterocycles. The van der Waals surface area contributed by atoms with Gasteiger partial charge in [-0.25, -0.2) is 4.79 Å². The topological polar surface area (TPSA) is 99.5 Å². The largest absolute Gasteiger partial charge is 0.481 e. The van der Waals surface area contributed by atoms with Crippen molar-refractivity contribution in [3.63, 3.8) is 0 Å². The van der Waals surface area contributed by atoms with Crippen molar-refractivity contribution in [2.75, 3.05) is 11.9 Å². The van der Waals surface area contributed by atoms with Gasteiger partial charge in [0.2, 0.25) is 0 Å². The van der Waals surface area contributed by atoms with E-state index in [0.717, 1.165) is 16.0 Å². The van der Waals surface area contributed by atoms with E-state index in [2.05, 4.69) is 10.4 Å². The first kappa shape index (κ1) is 23.5. The molecule has 0 aliphatic carbocycles. The van der Waals surface area contributed by atoms with Crippen molar-refractivity contribution in [3.8, 4) is 11.4 Å². The Kier molecular flexibility index (Phi) is 6.95. The molecule has 0 fully saturated rings. The smallest absolute Gasteiger partial charge is 0.359 e. The molecule has 2 heterocycles.